The van der Waals surface area contributed by atoms with E-state index in [1.807, 2.05) is 53.6 Å². The largest absolute Gasteiger partial charge is 0.497 e. The van der Waals surface area contributed by atoms with Crippen molar-refractivity contribution in [1.82, 2.24) is 9.88 Å². The van der Waals surface area contributed by atoms with Crippen LogP contribution in [0.15, 0.2) is 54.7 Å². The van der Waals surface area contributed by atoms with Crippen molar-refractivity contribution in [3.63, 3.8) is 0 Å². The number of H-pyrrole nitrogens is 1. The monoisotopic (exact) mass is 391 g/mol. The van der Waals surface area contributed by atoms with Crippen molar-refractivity contribution in [2.75, 3.05) is 25.5 Å². The predicted octanol–water partition coefficient (Wildman–Crippen LogP) is 3.60. The average molecular weight is 391 g/mol. The molecular formula is C23H25N3O3. The average Bonchev–Trinajstić information content (AvgIpc) is 3.17. The Kier molecular flexibility index (Phi) is 5.51. The summed E-state index contributed by atoms with van der Waals surface area (Å²) >= 11 is 0. The van der Waals surface area contributed by atoms with Gasteiger partial charge in [0, 0.05) is 47.9 Å². The zero-order valence-corrected chi connectivity index (χ0v) is 16.5. The van der Waals surface area contributed by atoms with Gasteiger partial charge in [-0.3, -0.25) is 9.59 Å². The molecule has 4 rings (SSSR count). The van der Waals surface area contributed by atoms with Gasteiger partial charge in [-0.15, -0.1) is 0 Å². The quantitative estimate of drug-likeness (QED) is 0.698. The molecule has 0 bridgehead atoms. The fourth-order valence-electron chi connectivity index (χ4n) is 3.89. The van der Waals surface area contributed by atoms with Crippen molar-refractivity contribution in [1.29, 1.82) is 0 Å². The maximum absolute atomic E-state index is 12.7. The summed E-state index contributed by atoms with van der Waals surface area (Å²) in [6.45, 7) is 1.22. The van der Waals surface area contributed by atoms with Crippen LogP contribution in [0.3, 0.4) is 0 Å². The molecule has 6 nitrogen and oxygen atoms in total. The standard InChI is InChI=1S/C23H25N3O3/c1-29-19-6-4-5-18(14-19)25-23(28)16-9-11-26(12-10-16)22(27)13-17-15-24-21-8-3-2-7-20(17)21/h2-8,14-16,24H,9-13H2,1H3,(H,25,28). The number of hydrogen-bond acceptors (Lipinski definition) is 3. The number of benzene rings is 2. The SMILES string of the molecule is COc1cccc(NC(=O)C2CCN(C(=O)Cc3c[nH]c4ccccc34)CC2)c1. The van der Waals surface area contributed by atoms with Crippen LogP contribution in [0.1, 0.15) is 18.4 Å². The number of aromatic amines is 1. The number of piperidine rings is 1. The summed E-state index contributed by atoms with van der Waals surface area (Å²) < 4.78 is 5.19. The molecule has 1 aliphatic heterocycles. The molecule has 1 aliphatic rings. The number of para-hydroxylation sites is 1. The van der Waals surface area contributed by atoms with E-state index in [9.17, 15) is 9.59 Å². The molecule has 2 heterocycles. The third kappa shape index (κ3) is 4.26. The van der Waals surface area contributed by atoms with Crippen LogP contribution < -0.4 is 10.1 Å². The topological polar surface area (TPSA) is 74.4 Å². The van der Waals surface area contributed by atoms with E-state index < -0.39 is 0 Å². The Bertz CT molecular complexity index is 1020. The van der Waals surface area contributed by atoms with Gasteiger partial charge in [-0.1, -0.05) is 24.3 Å². The van der Waals surface area contributed by atoms with Crippen molar-refractivity contribution in [3.05, 3.63) is 60.3 Å². The van der Waals surface area contributed by atoms with Crippen molar-refractivity contribution >= 4 is 28.4 Å². The Hall–Kier alpha value is -3.28. The van der Waals surface area contributed by atoms with Gasteiger partial charge in [0.1, 0.15) is 5.75 Å². The number of hydrogen-bond donors (Lipinski definition) is 2. The van der Waals surface area contributed by atoms with Crippen LogP contribution in [0, 0.1) is 5.92 Å². The Labute approximate surface area is 169 Å². The number of aromatic nitrogens is 1. The van der Waals surface area contributed by atoms with Gasteiger partial charge in [-0.05, 0) is 36.6 Å². The second-order valence-corrected chi connectivity index (χ2v) is 7.41. The Morgan fingerprint density at radius 1 is 1.14 bits per heavy atom. The molecule has 0 unspecified atom stereocenters. The van der Waals surface area contributed by atoms with Crippen LogP contribution in [-0.4, -0.2) is 41.9 Å². The van der Waals surface area contributed by atoms with Crippen LogP contribution in [0.25, 0.3) is 10.9 Å². The summed E-state index contributed by atoms with van der Waals surface area (Å²) in [4.78, 5) is 30.4. The van der Waals surface area contributed by atoms with Gasteiger partial charge in [-0.25, -0.2) is 0 Å². The second kappa shape index (κ2) is 8.39. The highest BCUT2D eigenvalue weighted by molar-refractivity contribution is 5.93. The number of likely N-dealkylation sites (tertiary alicyclic amines) is 1. The van der Waals surface area contributed by atoms with Gasteiger partial charge in [-0.2, -0.15) is 0 Å². The zero-order chi connectivity index (χ0) is 20.2. The second-order valence-electron chi connectivity index (χ2n) is 7.41. The first-order chi connectivity index (χ1) is 14.1. The zero-order valence-electron chi connectivity index (χ0n) is 16.5. The summed E-state index contributed by atoms with van der Waals surface area (Å²) in [5.74, 6) is 0.738. The first-order valence-electron chi connectivity index (χ1n) is 9.92. The molecule has 0 spiro atoms. The van der Waals surface area contributed by atoms with Gasteiger partial charge in [0.15, 0.2) is 0 Å². The highest BCUT2D eigenvalue weighted by Gasteiger charge is 2.27. The van der Waals surface area contributed by atoms with Crippen molar-refractivity contribution in [2.24, 2.45) is 5.92 Å². The minimum absolute atomic E-state index is 0.00183. The summed E-state index contributed by atoms with van der Waals surface area (Å²) in [5, 5.41) is 4.05. The Morgan fingerprint density at radius 2 is 1.93 bits per heavy atom. The third-order valence-corrected chi connectivity index (χ3v) is 5.57. The number of carbonyl (C=O) groups excluding carboxylic acids is 2. The number of rotatable bonds is 5. The minimum Gasteiger partial charge on any atom is -0.497 e. The van der Waals surface area contributed by atoms with E-state index in [1.165, 1.54) is 0 Å². The maximum atomic E-state index is 12.7. The molecule has 29 heavy (non-hydrogen) atoms. The van der Waals surface area contributed by atoms with Crippen molar-refractivity contribution in [2.45, 2.75) is 19.3 Å². The molecule has 150 valence electrons. The number of carbonyl (C=O) groups is 2. The predicted molar refractivity (Wildman–Crippen MR) is 113 cm³/mol. The maximum Gasteiger partial charge on any atom is 0.227 e. The number of nitrogens with zero attached hydrogens (tertiary/aromatic N) is 1. The number of anilines is 1. The lowest BCUT2D eigenvalue weighted by atomic mass is 9.95. The summed E-state index contributed by atoms with van der Waals surface area (Å²) in [6.07, 6.45) is 3.65. The van der Waals surface area contributed by atoms with E-state index >= 15 is 0 Å². The lowest BCUT2D eigenvalue weighted by Gasteiger charge is -2.31. The molecule has 2 aromatic carbocycles. The first kappa shape index (κ1) is 19.1. The Morgan fingerprint density at radius 3 is 2.72 bits per heavy atom. The van der Waals surface area contributed by atoms with Gasteiger partial charge in [0.2, 0.25) is 11.8 Å². The summed E-state index contributed by atoms with van der Waals surface area (Å²) in [5.41, 5.74) is 2.79. The number of fused-ring (bicyclic) bond motifs is 1. The summed E-state index contributed by atoms with van der Waals surface area (Å²) in [6, 6.07) is 15.3. The molecule has 0 saturated carbocycles. The van der Waals surface area contributed by atoms with Crippen molar-refractivity contribution in [3.8, 4) is 5.75 Å². The number of ether oxygens (including phenoxy) is 1. The molecular weight excluding hydrogens is 366 g/mol. The van der Waals surface area contributed by atoms with E-state index in [0.29, 0.717) is 38.1 Å². The van der Waals surface area contributed by atoms with Crippen LogP contribution in [-0.2, 0) is 16.0 Å². The smallest absolute Gasteiger partial charge is 0.227 e. The molecule has 1 aromatic heterocycles. The molecule has 2 N–H and O–H groups in total. The minimum atomic E-state index is -0.0849. The normalized spacial score (nSPS) is 14.7. The van der Waals surface area contributed by atoms with Gasteiger partial charge in [0.05, 0.1) is 13.5 Å². The fourth-order valence-corrected chi connectivity index (χ4v) is 3.89. The molecule has 1 fully saturated rings. The van der Waals surface area contributed by atoms with Crippen molar-refractivity contribution < 1.29 is 14.3 Å². The molecule has 0 aliphatic carbocycles. The van der Waals surface area contributed by atoms with E-state index in [0.717, 1.165) is 22.2 Å². The fraction of sp³-hybridized carbons (Fsp3) is 0.304. The number of methoxy groups -OCH3 is 1. The molecule has 0 radical (unpaired) electrons. The Balaban J connectivity index is 1.31. The molecule has 1 saturated heterocycles. The molecule has 0 atom stereocenters. The van der Waals surface area contributed by atoms with Crippen LogP contribution in [0.4, 0.5) is 5.69 Å². The van der Waals surface area contributed by atoms with E-state index in [2.05, 4.69) is 10.3 Å². The number of nitrogens with one attached hydrogen (secondary N) is 2. The first-order valence-corrected chi connectivity index (χ1v) is 9.92. The lowest BCUT2D eigenvalue weighted by molar-refractivity contribution is -0.133. The third-order valence-electron chi connectivity index (χ3n) is 5.57. The highest BCUT2D eigenvalue weighted by atomic mass is 16.5. The van der Waals surface area contributed by atoms with E-state index in [1.54, 1.807) is 13.2 Å². The molecule has 3 aromatic rings. The van der Waals surface area contributed by atoms with Gasteiger partial charge >= 0.3 is 0 Å². The van der Waals surface area contributed by atoms with E-state index in [4.69, 9.17) is 4.74 Å². The van der Waals surface area contributed by atoms with Crippen LogP contribution in [0.5, 0.6) is 5.75 Å². The molecule has 6 heteroatoms. The lowest BCUT2D eigenvalue weighted by Crippen LogP contribution is -2.42. The van der Waals surface area contributed by atoms with Gasteiger partial charge < -0.3 is 19.9 Å². The molecule has 2 amide bonds. The van der Waals surface area contributed by atoms with E-state index in [-0.39, 0.29) is 17.7 Å². The number of amides is 2. The summed E-state index contributed by atoms with van der Waals surface area (Å²) in [7, 11) is 1.60. The van der Waals surface area contributed by atoms with Gasteiger partial charge in [0.25, 0.3) is 0 Å². The van der Waals surface area contributed by atoms with Crippen LogP contribution in [0.2, 0.25) is 0 Å². The highest BCUT2D eigenvalue weighted by Crippen LogP contribution is 2.23. The van der Waals surface area contributed by atoms with Crippen LogP contribution >= 0.6 is 0 Å².